The van der Waals surface area contributed by atoms with E-state index in [0.717, 1.165) is 41.6 Å². The second kappa shape index (κ2) is 4.69. The summed E-state index contributed by atoms with van der Waals surface area (Å²) in [6.07, 6.45) is 4.22. The van der Waals surface area contributed by atoms with Gasteiger partial charge in [0.2, 0.25) is 5.91 Å². The van der Waals surface area contributed by atoms with Gasteiger partial charge in [0.15, 0.2) is 0 Å². The number of carbonyl (C=O) groups is 1. The van der Waals surface area contributed by atoms with E-state index in [1.165, 1.54) is 5.01 Å². The quantitative estimate of drug-likeness (QED) is 0.912. The highest BCUT2D eigenvalue weighted by molar-refractivity contribution is 7.18. The molecule has 0 atom stereocenters. The molecule has 0 radical (unpaired) electrons. The molecule has 1 aliphatic rings. The van der Waals surface area contributed by atoms with Gasteiger partial charge in [-0.1, -0.05) is 6.92 Å². The topological polar surface area (TPSA) is 42.0 Å². The van der Waals surface area contributed by atoms with E-state index < -0.39 is 0 Å². The Bertz CT molecular complexity index is 586. The lowest BCUT2D eigenvalue weighted by atomic mass is 10.3. The maximum absolute atomic E-state index is 11.7. The summed E-state index contributed by atoms with van der Waals surface area (Å²) < 4.78 is 1.16. The summed E-state index contributed by atoms with van der Waals surface area (Å²) in [5.41, 5.74) is 1.93. The van der Waals surface area contributed by atoms with Crippen molar-refractivity contribution in [2.45, 2.75) is 32.6 Å². The van der Waals surface area contributed by atoms with Crippen LogP contribution < -0.4 is 5.32 Å². The van der Waals surface area contributed by atoms with Crippen LogP contribution in [-0.4, -0.2) is 10.9 Å². The highest BCUT2D eigenvalue weighted by atomic mass is 32.1. The highest BCUT2D eigenvalue weighted by Crippen LogP contribution is 2.31. The van der Waals surface area contributed by atoms with Crippen molar-refractivity contribution in [2.75, 3.05) is 5.32 Å². The van der Waals surface area contributed by atoms with Crippen LogP contribution in [0.25, 0.3) is 10.2 Å². The summed E-state index contributed by atoms with van der Waals surface area (Å²) in [6, 6.07) is 5.97. The number of rotatable bonds is 4. The van der Waals surface area contributed by atoms with Crippen LogP contribution in [0.4, 0.5) is 5.69 Å². The van der Waals surface area contributed by atoms with Gasteiger partial charge in [-0.2, -0.15) is 0 Å². The molecule has 1 aromatic heterocycles. The number of fused-ring (bicyclic) bond motifs is 1. The van der Waals surface area contributed by atoms with E-state index in [1.807, 2.05) is 18.2 Å². The molecule has 2 aromatic rings. The molecule has 18 heavy (non-hydrogen) atoms. The number of hydrogen-bond donors (Lipinski definition) is 1. The number of aryl methyl sites for hydroxylation is 1. The van der Waals surface area contributed by atoms with Crippen LogP contribution in [0.15, 0.2) is 18.2 Å². The molecule has 0 aliphatic heterocycles. The van der Waals surface area contributed by atoms with Crippen LogP contribution in [0, 0.1) is 5.92 Å². The second-order valence-electron chi connectivity index (χ2n) is 4.80. The molecule has 94 valence electrons. The molecule has 0 bridgehead atoms. The maximum atomic E-state index is 11.7. The number of nitrogens with zero attached hydrogens (tertiary/aromatic N) is 1. The first kappa shape index (κ1) is 11.7. The van der Waals surface area contributed by atoms with Gasteiger partial charge in [-0.15, -0.1) is 11.3 Å². The van der Waals surface area contributed by atoms with Gasteiger partial charge in [-0.3, -0.25) is 4.79 Å². The molecule has 3 nitrogen and oxygen atoms in total. The number of anilines is 1. The predicted octanol–water partition coefficient (Wildman–Crippen LogP) is 3.60. The molecule has 1 amide bonds. The van der Waals surface area contributed by atoms with Gasteiger partial charge in [0.05, 0.1) is 15.2 Å². The minimum Gasteiger partial charge on any atom is -0.326 e. The third-order valence-corrected chi connectivity index (χ3v) is 4.19. The van der Waals surface area contributed by atoms with E-state index in [0.29, 0.717) is 0 Å². The Morgan fingerprint density at radius 3 is 3.06 bits per heavy atom. The minimum absolute atomic E-state index is 0.160. The van der Waals surface area contributed by atoms with Crippen molar-refractivity contribution in [1.29, 1.82) is 0 Å². The third kappa shape index (κ3) is 2.38. The molecule has 1 heterocycles. The number of nitrogens with one attached hydrogen (secondary N) is 1. The van der Waals surface area contributed by atoms with E-state index >= 15 is 0 Å². The molecule has 1 N–H and O–H groups in total. The van der Waals surface area contributed by atoms with Gasteiger partial charge in [-0.25, -0.2) is 4.98 Å². The van der Waals surface area contributed by atoms with E-state index in [9.17, 15) is 4.79 Å². The summed E-state index contributed by atoms with van der Waals surface area (Å²) in [5, 5.41) is 4.16. The van der Waals surface area contributed by atoms with Crippen molar-refractivity contribution in [3.05, 3.63) is 23.2 Å². The SMILES string of the molecule is CCCc1nc2ccc(NC(=O)C3CC3)cc2s1. The average Bonchev–Trinajstić information content (AvgIpc) is 3.11. The summed E-state index contributed by atoms with van der Waals surface area (Å²) >= 11 is 1.72. The van der Waals surface area contributed by atoms with E-state index in [2.05, 4.69) is 17.2 Å². The predicted molar refractivity (Wildman–Crippen MR) is 75.0 cm³/mol. The standard InChI is InChI=1S/C14H16N2OS/c1-2-3-13-16-11-7-6-10(8-12(11)18-13)15-14(17)9-4-5-9/h6-9H,2-5H2,1H3,(H,15,17). The zero-order chi connectivity index (χ0) is 12.5. The Morgan fingerprint density at radius 2 is 2.33 bits per heavy atom. The zero-order valence-corrected chi connectivity index (χ0v) is 11.2. The molecular formula is C14H16N2OS. The number of aromatic nitrogens is 1. The maximum Gasteiger partial charge on any atom is 0.227 e. The van der Waals surface area contributed by atoms with Gasteiger partial charge >= 0.3 is 0 Å². The van der Waals surface area contributed by atoms with Crippen molar-refractivity contribution < 1.29 is 4.79 Å². The Hall–Kier alpha value is -1.42. The van der Waals surface area contributed by atoms with Gasteiger partial charge < -0.3 is 5.32 Å². The molecule has 1 aromatic carbocycles. The summed E-state index contributed by atoms with van der Waals surface area (Å²) in [6.45, 7) is 2.16. The van der Waals surface area contributed by atoms with Crippen molar-refractivity contribution >= 4 is 33.1 Å². The average molecular weight is 260 g/mol. The Morgan fingerprint density at radius 1 is 1.50 bits per heavy atom. The van der Waals surface area contributed by atoms with Crippen LogP contribution in [0.1, 0.15) is 31.2 Å². The molecule has 4 heteroatoms. The lowest BCUT2D eigenvalue weighted by molar-refractivity contribution is -0.117. The minimum atomic E-state index is 0.160. The number of carbonyl (C=O) groups excluding carboxylic acids is 1. The summed E-state index contributed by atoms with van der Waals surface area (Å²) in [7, 11) is 0. The molecule has 3 rings (SSSR count). The van der Waals surface area contributed by atoms with Crippen molar-refractivity contribution in [1.82, 2.24) is 4.98 Å². The first-order chi connectivity index (χ1) is 8.76. The smallest absolute Gasteiger partial charge is 0.227 e. The first-order valence-electron chi connectivity index (χ1n) is 6.46. The molecule has 0 spiro atoms. The summed E-state index contributed by atoms with van der Waals surface area (Å²) in [5.74, 6) is 0.408. The molecule has 0 unspecified atom stereocenters. The molecule has 0 saturated heterocycles. The molecule has 1 aliphatic carbocycles. The van der Waals surface area contributed by atoms with Crippen LogP contribution in [0.2, 0.25) is 0 Å². The fourth-order valence-electron chi connectivity index (χ4n) is 1.96. The lowest BCUT2D eigenvalue weighted by Gasteiger charge is -2.03. The van der Waals surface area contributed by atoms with E-state index in [4.69, 9.17) is 0 Å². The van der Waals surface area contributed by atoms with Crippen LogP contribution >= 0.6 is 11.3 Å². The molecule has 1 fully saturated rings. The fourth-order valence-corrected chi connectivity index (χ4v) is 3.07. The van der Waals surface area contributed by atoms with Gasteiger partial charge in [0, 0.05) is 11.6 Å². The molecule has 1 saturated carbocycles. The Kier molecular flexibility index (Phi) is 3.04. The van der Waals surface area contributed by atoms with Gasteiger partial charge in [0.1, 0.15) is 0 Å². The third-order valence-electron chi connectivity index (χ3n) is 3.11. The fraction of sp³-hybridized carbons (Fsp3) is 0.429. The normalized spacial score (nSPS) is 14.9. The number of benzene rings is 1. The van der Waals surface area contributed by atoms with Gasteiger partial charge in [0.25, 0.3) is 0 Å². The first-order valence-corrected chi connectivity index (χ1v) is 7.28. The van der Waals surface area contributed by atoms with Crippen molar-refractivity contribution in [2.24, 2.45) is 5.92 Å². The zero-order valence-electron chi connectivity index (χ0n) is 10.4. The van der Waals surface area contributed by atoms with Crippen molar-refractivity contribution in [3.63, 3.8) is 0 Å². The van der Waals surface area contributed by atoms with Gasteiger partial charge in [-0.05, 0) is 43.9 Å². The van der Waals surface area contributed by atoms with E-state index in [-0.39, 0.29) is 11.8 Å². The van der Waals surface area contributed by atoms with Crippen LogP contribution in [0.5, 0.6) is 0 Å². The lowest BCUT2D eigenvalue weighted by Crippen LogP contribution is -2.12. The largest absolute Gasteiger partial charge is 0.326 e. The molecular weight excluding hydrogens is 244 g/mol. The van der Waals surface area contributed by atoms with E-state index in [1.54, 1.807) is 11.3 Å². The Balaban J connectivity index is 1.82. The number of hydrogen-bond acceptors (Lipinski definition) is 3. The highest BCUT2D eigenvalue weighted by Gasteiger charge is 2.29. The monoisotopic (exact) mass is 260 g/mol. The summed E-state index contributed by atoms with van der Waals surface area (Å²) in [4.78, 5) is 16.3. The number of amides is 1. The Labute approximate surface area is 110 Å². The van der Waals surface area contributed by atoms with Crippen LogP contribution in [-0.2, 0) is 11.2 Å². The van der Waals surface area contributed by atoms with Crippen molar-refractivity contribution in [3.8, 4) is 0 Å². The van der Waals surface area contributed by atoms with Crippen LogP contribution in [0.3, 0.4) is 0 Å². The second-order valence-corrected chi connectivity index (χ2v) is 5.92. The number of thiazole rings is 1.